The zero-order valence-electron chi connectivity index (χ0n) is 21.7. The quantitative estimate of drug-likeness (QED) is 0.396. The molecule has 0 bridgehead atoms. The van der Waals surface area contributed by atoms with Crippen molar-refractivity contribution in [2.75, 3.05) is 26.3 Å². The van der Waals surface area contributed by atoms with E-state index in [1.807, 2.05) is 30.3 Å². The molecule has 0 amide bonds. The van der Waals surface area contributed by atoms with E-state index in [1.165, 1.54) is 5.57 Å². The maximum atomic E-state index is 14.0. The predicted octanol–water partition coefficient (Wildman–Crippen LogP) is 7.16. The van der Waals surface area contributed by atoms with Crippen molar-refractivity contribution in [2.45, 2.75) is 69.8 Å². The average molecular weight is 528 g/mol. The molecule has 2 aromatic carbocycles. The molecule has 2 fully saturated rings. The van der Waals surface area contributed by atoms with Crippen LogP contribution in [0, 0.1) is 5.92 Å². The molecular formula is C31H36F3NO3. The van der Waals surface area contributed by atoms with Crippen molar-refractivity contribution in [1.29, 1.82) is 0 Å². The lowest BCUT2D eigenvalue weighted by Gasteiger charge is -2.31. The van der Waals surface area contributed by atoms with Gasteiger partial charge in [0.15, 0.2) is 0 Å². The summed E-state index contributed by atoms with van der Waals surface area (Å²) in [4.78, 5) is 13.9. The molecule has 204 valence electrons. The van der Waals surface area contributed by atoms with Gasteiger partial charge in [-0.2, -0.15) is 0 Å². The largest absolute Gasteiger partial charge is 0.489 e. The number of halogens is 3. The van der Waals surface area contributed by atoms with Gasteiger partial charge in [0.1, 0.15) is 11.9 Å². The second-order valence-electron chi connectivity index (χ2n) is 11.0. The van der Waals surface area contributed by atoms with E-state index < -0.39 is 11.9 Å². The number of ether oxygens (including phenoxy) is 1. The maximum Gasteiger partial charge on any atom is 0.335 e. The molecule has 7 heteroatoms. The minimum atomic E-state index is -2.59. The van der Waals surface area contributed by atoms with Gasteiger partial charge in [0.25, 0.3) is 0 Å². The molecule has 1 N–H and O–H groups in total. The standard InChI is InChI=1S/C31H36F3NO3/c32-15-3-16-35-17-12-26(20-35)38-25-6-1-5-23(19-25)29-27(21-10-13-31(33,34)14-11-21)7-2-4-22-18-24(30(36)37)8-9-28(22)29/h1,5-6,8-9,18-19,21,26H,2-4,7,10-17,20H2,(H,36,37)/t26-/m1/s1. The highest BCUT2D eigenvalue weighted by Crippen LogP contribution is 2.46. The number of alkyl halides is 3. The number of carbonyl (C=O) groups is 1. The molecule has 2 aromatic rings. The Morgan fingerprint density at radius 3 is 2.66 bits per heavy atom. The summed E-state index contributed by atoms with van der Waals surface area (Å²) in [6.07, 6.45) is 4.61. The number of aryl methyl sites for hydroxylation is 1. The van der Waals surface area contributed by atoms with Gasteiger partial charge < -0.3 is 9.84 Å². The van der Waals surface area contributed by atoms with E-state index in [1.54, 1.807) is 12.1 Å². The maximum absolute atomic E-state index is 14.0. The van der Waals surface area contributed by atoms with Gasteiger partial charge >= 0.3 is 5.97 Å². The normalized spacial score (nSPS) is 22.2. The number of fused-ring (bicyclic) bond motifs is 1. The van der Waals surface area contributed by atoms with Crippen LogP contribution in [-0.2, 0) is 6.42 Å². The minimum Gasteiger partial charge on any atom is -0.489 e. The summed E-state index contributed by atoms with van der Waals surface area (Å²) in [5.41, 5.74) is 5.48. The van der Waals surface area contributed by atoms with Gasteiger partial charge in [-0.15, -0.1) is 0 Å². The molecule has 1 aliphatic heterocycles. The molecule has 1 atom stereocenters. The number of carboxylic acid groups (broad SMARTS) is 1. The van der Waals surface area contributed by atoms with Gasteiger partial charge in [0.05, 0.1) is 12.2 Å². The van der Waals surface area contributed by atoms with Crippen LogP contribution >= 0.6 is 0 Å². The monoisotopic (exact) mass is 527 g/mol. The van der Waals surface area contributed by atoms with Crippen LogP contribution in [0.4, 0.5) is 13.2 Å². The number of hydrogen-bond acceptors (Lipinski definition) is 3. The van der Waals surface area contributed by atoms with Gasteiger partial charge in [-0.25, -0.2) is 13.6 Å². The fraction of sp³-hybridized carbons (Fsp3) is 0.516. The predicted molar refractivity (Wildman–Crippen MR) is 142 cm³/mol. The first-order valence-corrected chi connectivity index (χ1v) is 13.9. The van der Waals surface area contributed by atoms with Crippen molar-refractivity contribution in [1.82, 2.24) is 4.90 Å². The Balaban J connectivity index is 1.49. The highest BCUT2D eigenvalue weighted by atomic mass is 19.3. The van der Waals surface area contributed by atoms with Crippen molar-refractivity contribution in [3.05, 3.63) is 70.3 Å². The summed E-state index contributed by atoms with van der Waals surface area (Å²) in [6.45, 7) is 2.10. The number of aromatic carboxylic acids is 1. The van der Waals surface area contributed by atoms with Crippen molar-refractivity contribution in [2.24, 2.45) is 5.92 Å². The van der Waals surface area contributed by atoms with E-state index >= 15 is 0 Å². The average Bonchev–Trinajstić information content (AvgIpc) is 3.25. The van der Waals surface area contributed by atoms with E-state index in [-0.39, 0.29) is 37.1 Å². The van der Waals surface area contributed by atoms with Gasteiger partial charge in [0.2, 0.25) is 5.92 Å². The molecule has 0 radical (unpaired) electrons. The number of benzene rings is 2. The molecule has 4 nitrogen and oxygen atoms in total. The number of likely N-dealkylation sites (tertiary alicyclic amines) is 1. The molecule has 38 heavy (non-hydrogen) atoms. The highest BCUT2D eigenvalue weighted by molar-refractivity contribution is 5.91. The van der Waals surface area contributed by atoms with Crippen molar-refractivity contribution < 1.29 is 27.8 Å². The van der Waals surface area contributed by atoms with E-state index in [0.717, 1.165) is 73.3 Å². The molecule has 3 aliphatic rings. The first kappa shape index (κ1) is 26.8. The fourth-order valence-electron chi connectivity index (χ4n) is 6.38. The molecule has 1 heterocycles. The third-order valence-electron chi connectivity index (χ3n) is 8.31. The molecular weight excluding hydrogens is 491 g/mol. The number of allylic oxidation sites excluding steroid dienone is 1. The van der Waals surface area contributed by atoms with Crippen molar-refractivity contribution in [3.63, 3.8) is 0 Å². The second kappa shape index (κ2) is 11.5. The number of nitrogens with zero attached hydrogens (tertiary/aromatic N) is 1. The second-order valence-corrected chi connectivity index (χ2v) is 11.0. The third-order valence-corrected chi connectivity index (χ3v) is 8.31. The zero-order valence-corrected chi connectivity index (χ0v) is 21.7. The van der Waals surface area contributed by atoms with Crippen LogP contribution < -0.4 is 4.74 Å². The summed E-state index contributed by atoms with van der Waals surface area (Å²) < 4.78 is 47.0. The summed E-state index contributed by atoms with van der Waals surface area (Å²) in [5, 5.41) is 9.56. The topological polar surface area (TPSA) is 49.8 Å². The lowest BCUT2D eigenvalue weighted by Crippen LogP contribution is -2.26. The lowest BCUT2D eigenvalue weighted by molar-refractivity contribution is -0.0423. The van der Waals surface area contributed by atoms with Crippen LogP contribution in [0.2, 0.25) is 0 Å². The smallest absolute Gasteiger partial charge is 0.335 e. The summed E-state index contributed by atoms with van der Waals surface area (Å²) in [6, 6.07) is 13.3. The van der Waals surface area contributed by atoms with Gasteiger partial charge in [-0.3, -0.25) is 9.29 Å². The van der Waals surface area contributed by atoms with Crippen molar-refractivity contribution >= 4 is 11.5 Å². The Morgan fingerprint density at radius 1 is 1.08 bits per heavy atom. The zero-order chi connectivity index (χ0) is 26.7. The van der Waals surface area contributed by atoms with Crippen molar-refractivity contribution in [3.8, 4) is 5.75 Å². The summed E-state index contributed by atoms with van der Waals surface area (Å²) >= 11 is 0. The number of rotatable bonds is 8. The fourth-order valence-corrected chi connectivity index (χ4v) is 6.38. The molecule has 0 unspecified atom stereocenters. The number of hydrogen-bond donors (Lipinski definition) is 1. The molecule has 0 aromatic heterocycles. The first-order chi connectivity index (χ1) is 18.3. The van der Waals surface area contributed by atoms with Gasteiger partial charge in [0, 0.05) is 32.5 Å². The van der Waals surface area contributed by atoms with Crippen LogP contribution in [0.5, 0.6) is 5.75 Å². The lowest BCUT2D eigenvalue weighted by atomic mass is 9.77. The van der Waals surface area contributed by atoms with E-state index in [2.05, 4.69) is 4.90 Å². The first-order valence-electron chi connectivity index (χ1n) is 13.9. The van der Waals surface area contributed by atoms with Crippen LogP contribution in [0.15, 0.2) is 48.0 Å². The van der Waals surface area contributed by atoms with Gasteiger partial charge in [-0.1, -0.05) is 23.8 Å². The molecule has 2 aliphatic carbocycles. The molecule has 1 saturated carbocycles. The van der Waals surface area contributed by atoms with Gasteiger partial charge in [-0.05, 0) is 97.4 Å². The minimum absolute atomic E-state index is 0.0402. The van der Waals surface area contributed by atoms with Crippen LogP contribution in [0.1, 0.15) is 78.4 Å². The van der Waals surface area contributed by atoms with Crippen LogP contribution in [-0.4, -0.2) is 54.3 Å². The van der Waals surface area contributed by atoms with E-state index in [4.69, 9.17) is 4.74 Å². The Kier molecular flexibility index (Phi) is 8.12. The number of carboxylic acids is 1. The van der Waals surface area contributed by atoms with Crippen LogP contribution in [0.3, 0.4) is 0 Å². The summed E-state index contributed by atoms with van der Waals surface area (Å²) in [7, 11) is 0. The molecule has 0 spiro atoms. The van der Waals surface area contributed by atoms with E-state index in [9.17, 15) is 23.1 Å². The SMILES string of the molecule is O=C(O)c1ccc2c(c1)CCCC(C1CCC(F)(F)CC1)=C2c1cccc(O[C@@H]2CCN(CCCF)C2)c1. The Hall–Kier alpha value is -2.80. The van der Waals surface area contributed by atoms with Crippen LogP contribution in [0.25, 0.3) is 5.57 Å². The Morgan fingerprint density at radius 2 is 1.89 bits per heavy atom. The molecule has 5 rings (SSSR count). The molecule has 1 saturated heterocycles. The summed E-state index contributed by atoms with van der Waals surface area (Å²) in [5.74, 6) is -2.71. The Bertz CT molecular complexity index is 1180. The highest BCUT2D eigenvalue weighted by Gasteiger charge is 2.37. The van der Waals surface area contributed by atoms with E-state index in [0.29, 0.717) is 19.3 Å². The third kappa shape index (κ3) is 6.09. The Labute approximate surface area is 222 Å².